The highest BCUT2D eigenvalue weighted by atomic mass is 35.5. The number of aromatic nitrogens is 1. The van der Waals surface area contributed by atoms with E-state index in [9.17, 15) is 0 Å². The molecule has 0 aliphatic heterocycles. The van der Waals surface area contributed by atoms with Crippen LogP contribution in [0.25, 0.3) is 10.9 Å². The lowest BCUT2D eigenvalue weighted by molar-refractivity contribution is 0.257. The van der Waals surface area contributed by atoms with Crippen LogP contribution in [0.1, 0.15) is 45.1 Å². The van der Waals surface area contributed by atoms with E-state index in [2.05, 4.69) is 35.1 Å². The van der Waals surface area contributed by atoms with E-state index in [-0.39, 0.29) is 0 Å². The van der Waals surface area contributed by atoms with Gasteiger partial charge >= 0.3 is 0 Å². The predicted molar refractivity (Wildman–Crippen MR) is 127 cm³/mol. The molecule has 0 radical (unpaired) electrons. The molecular formula is C24H29Cl2N3. The van der Waals surface area contributed by atoms with Crippen LogP contribution in [-0.4, -0.2) is 23.0 Å². The molecule has 1 heterocycles. The fourth-order valence-corrected chi connectivity index (χ4v) is 3.78. The number of fused-ring (bicyclic) bond motifs is 1. The second-order valence-electron chi connectivity index (χ2n) is 7.43. The Hall–Kier alpha value is -1.81. The molecule has 154 valence electrons. The highest BCUT2D eigenvalue weighted by molar-refractivity contribution is 6.31. The highest BCUT2D eigenvalue weighted by Crippen LogP contribution is 2.29. The summed E-state index contributed by atoms with van der Waals surface area (Å²) in [5, 5.41) is 6.09. The van der Waals surface area contributed by atoms with Crippen molar-refractivity contribution < 1.29 is 0 Å². The topological polar surface area (TPSA) is 28.2 Å². The van der Waals surface area contributed by atoms with Crippen LogP contribution in [0.5, 0.6) is 0 Å². The summed E-state index contributed by atoms with van der Waals surface area (Å²) in [6.07, 6.45) is 6.64. The summed E-state index contributed by atoms with van der Waals surface area (Å²) in [7, 11) is 0. The van der Waals surface area contributed by atoms with Gasteiger partial charge in [-0.25, -0.2) is 0 Å². The molecular weight excluding hydrogens is 401 g/mol. The minimum Gasteiger partial charge on any atom is -0.355 e. The van der Waals surface area contributed by atoms with Gasteiger partial charge in [0.25, 0.3) is 0 Å². The third kappa shape index (κ3) is 6.08. The molecule has 0 fully saturated rings. The van der Waals surface area contributed by atoms with Gasteiger partial charge in [-0.3, -0.25) is 9.88 Å². The lowest BCUT2D eigenvalue weighted by atomic mass is 10.1. The van der Waals surface area contributed by atoms with Gasteiger partial charge in [0.1, 0.15) is 0 Å². The zero-order chi connectivity index (χ0) is 20.6. The molecule has 0 aliphatic carbocycles. The number of anilines is 2. The van der Waals surface area contributed by atoms with Gasteiger partial charge in [-0.15, -0.1) is 0 Å². The van der Waals surface area contributed by atoms with Crippen LogP contribution in [-0.2, 0) is 6.54 Å². The van der Waals surface area contributed by atoms with E-state index in [1.54, 1.807) is 6.20 Å². The van der Waals surface area contributed by atoms with Crippen molar-refractivity contribution in [1.29, 1.82) is 0 Å². The molecule has 1 aromatic heterocycles. The van der Waals surface area contributed by atoms with Crippen molar-refractivity contribution in [2.24, 2.45) is 0 Å². The lowest BCUT2D eigenvalue weighted by Crippen LogP contribution is -2.25. The van der Waals surface area contributed by atoms with Gasteiger partial charge in [0.15, 0.2) is 0 Å². The molecule has 0 saturated heterocycles. The summed E-state index contributed by atoms with van der Waals surface area (Å²) >= 11 is 12.7. The second-order valence-corrected chi connectivity index (χ2v) is 8.28. The van der Waals surface area contributed by atoms with E-state index in [1.165, 1.54) is 25.7 Å². The lowest BCUT2D eigenvalue weighted by Gasteiger charge is -2.23. The first-order valence-corrected chi connectivity index (χ1v) is 11.2. The third-order valence-corrected chi connectivity index (χ3v) is 5.68. The van der Waals surface area contributed by atoms with Crippen LogP contribution < -0.4 is 5.32 Å². The molecule has 3 nitrogen and oxygen atoms in total. The number of pyridine rings is 1. The van der Waals surface area contributed by atoms with Gasteiger partial charge in [-0.1, -0.05) is 49.9 Å². The molecule has 0 atom stereocenters. The first-order valence-electron chi connectivity index (χ1n) is 10.4. The van der Waals surface area contributed by atoms with Crippen LogP contribution in [0, 0.1) is 0 Å². The Balaban J connectivity index is 1.81. The summed E-state index contributed by atoms with van der Waals surface area (Å²) < 4.78 is 0. The van der Waals surface area contributed by atoms with E-state index < -0.39 is 0 Å². The van der Waals surface area contributed by atoms with Crippen molar-refractivity contribution in [2.45, 2.75) is 46.1 Å². The molecule has 29 heavy (non-hydrogen) atoms. The summed E-state index contributed by atoms with van der Waals surface area (Å²) in [5.74, 6) is 0. The maximum Gasteiger partial charge on any atom is 0.0737 e. The van der Waals surface area contributed by atoms with E-state index in [4.69, 9.17) is 23.2 Å². The average molecular weight is 430 g/mol. The van der Waals surface area contributed by atoms with Gasteiger partial charge in [-0.05, 0) is 74.0 Å². The summed E-state index contributed by atoms with van der Waals surface area (Å²) in [5.41, 5.74) is 4.07. The molecule has 0 aliphatic rings. The molecule has 0 saturated carbocycles. The van der Waals surface area contributed by atoms with Crippen LogP contribution >= 0.6 is 23.2 Å². The number of nitrogens with one attached hydrogen (secondary N) is 1. The number of hydrogen-bond acceptors (Lipinski definition) is 3. The zero-order valence-corrected chi connectivity index (χ0v) is 18.7. The Morgan fingerprint density at radius 3 is 2.41 bits per heavy atom. The number of benzene rings is 2. The van der Waals surface area contributed by atoms with Crippen molar-refractivity contribution in [3.63, 3.8) is 0 Å². The molecule has 2 aromatic carbocycles. The fourth-order valence-electron chi connectivity index (χ4n) is 3.43. The molecule has 1 N–H and O–H groups in total. The number of nitrogens with zero attached hydrogens (tertiary/aromatic N) is 2. The van der Waals surface area contributed by atoms with E-state index in [1.807, 2.05) is 36.4 Å². The van der Waals surface area contributed by atoms with Crippen molar-refractivity contribution in [3.8, 4) is 0 Å². The molecule has 3 rings (SSSR count). The smallest absolute Gasteiger partial charge is 0.0737 e. The monoisotopic (exact) mass is 429 g/mol. The van der Waals surface area contributed by atoms with Crippen LogP contribution in [0.15, 0.2) is 48.7 Å². The summed E-state index contributed by atoms with van der Waals surface area (Å²) in [6, 6.07) is 13.9. The molecule has 5 heteroatoms. The van der Waals surface area contributed by atoms with E-state index >= 15 is 0 Å². The van der Waals surface area contributed by atoms with E-state index in [0.717, 1.165) is 52.5 Å². The normalized spacial score (nSPS) is 11.3. The molecule has 3 aromatic rings. The third-order valence-electron chi connectivity index (χ3n) is 5.08. The average Bonchev–Trinajstić information content (AvgIpc) is 2.72. The number of rotatable bonds is 10. The summed E-state index contributed by atoms with van der Waals surface area (Å²) in [6.45, 7) is 7.57. The van der Waals surface area contributed by atoms with Crippen molar-refractivity contribution in [3.05, 3.63) is 64.3 Å². The standard InChI is InChI=1S/C24H29Cl2N3/c1-3-5-13-29(14-6-4-2)17-18-15-20(8-10-22(18)26)28-23-11-12-27-24-16-19(25)7-9-21(23)24/h7-12,15-16H,3-6,13-14,17H2,1-2H3,(H,27,28). The Labute approximate surface area is 184 Å². The summed E-state index contributed by atoms with van der Waals surface area (Å²) in [4.78, 5) is 6.94. The van der Waals surface area contributed by atoms with Gasteiger partial charge in [0.2, 0.25) is 0 Å². The Kier molecular flexibility index (Phi) is 8.17. The SMILES string of the molecule is CCCCN(CCCC)Cc1cc(Nc2ccnc3cc(Cl)ccc23)ccc1Cl. The van der Waals surface area contributed by atoms with Gasteiger partial charge in [-0.2, -0.15) is 0 Å². The maximum absolute atomic E-state index is 6.54. The number of halogens is 2. The zero-order valence-electron chi connectivity index (χ0n) is 17.2. The Morgan fingerprint density at radius 1 is 0.931 bits per heavy atom. The van der Waals surface area contributed by atoms with Crippen LogP contribution in [0.2, 0.25) is 10.0 Å². The first-order chi connectivity index (χ1) is 14.1. The van der Waals surface area contributed by atoms with E-state index in [0.29, 0.717) is 5.02 Å². The molecule has 0 bridgehead atoms. The Morgan fingerprint density at radius 2 is 1.69 bits per heavy atom. The highest BCUT2D eigenvalue weighted by Gasteiger charge is 2.10. The predicted octanol–water partition coefficient (Wildman–Crippen LogP) is 7.69. The van der Waals surface area contributed by atoms with Gasteiger partial charge in [0, 0.05) is 39.5 Å². The fraction of sp³-hybridized carbons (Fsp3) is 0.375. The van der Waals surface area contributed by atoms with Gasteiger partial charge in [0.05, 0.1) is 5.52 Å². The second kappa shape index (κ2) is 10.8. The number of hydrogen-bond donors (Lipinski definition) is 1. The van der Waals surface area contributed by atoms with Crippen molar-refractivity contribution in [1.82, 2.24) is 9.88 Å². The number of unbranched alkanes of at least 4 members (excludes halogenated alkanes) is 2. The first kappa shape index (κ1) is 21.9. The Bertz CT molecular complexity index is 935. The molecule has 0 unspecified atom stereocenters. The van der Waals surface area contributed by atoms with Crippen LogP contribution in [0.4, 0.5) is 11.4 Å². The van der Waals surface area contributed by atoms with Gasteiger partial charge < -0.3 is 5.32 Å². The molecule has 0 amide bonds. The minimum atomic E-state index is 0.690. The van der Waals surface area contributed by atoms with Crippen molar-refractivity contribution >= 4 is 45.5 Å². The quantitative estimate of drug-likeness (QED) is 0.357. The maximum atomic E-state index is 6.54. The van der Waals surface area contributed by atoms with Crippen molar-refractivity contribution in [2.75, 3.05) is 18.4 Å². The minimum absolute atomic E-state index is 0.690. The largest absolute Gasteiger partial charge is 0.355 e. The molecule has 0 spiro atoms. The van der Waals surface area contributed by atoms with Crippen LogP contribution in [0.3, 0.4) is 0 Å².